The Bertz CT molecular complexity index is 565. The molecule has 1 aromatic heterocycles. The van der Waals surface area contributed by atoms with Crippen LogP contribution in [-0.2, 0) is 17.8 Å². The van der Waals surface area contributed by atoms with Gasteiger partial charge in [-0.3, -0.25) is 0 Å². The first kappa shape index (κ1) is 10.3. The molecule has 0 amide bonds. The van der Waals surface area contributed by atoms with Crippen molar-refractivity contribution in [1.29, 1.82) is 0 Å². The molecule has 88 valence electrons. The first-order valence-corrected chi connectivity index (χ1v) is 5.45. The maximum absolute atomic E-state index is 13.2. The highest BCUT2D eigenvalue weighted by molar-refractivity contribution is 5.50. The van der Waals surface area contributed by atoms with E-state index in [2.05, 4.69) is 5.10 Å². The van der Waals surface area contributed by atoms with E-state index in [1.54, 1.807) is 16.8 Å². The van der Waals surface area contributed by atoms with Crippen LogP contribution in [-0.4, -0.2) is 16.4 Å². The van der Waals surface area contributed by atoms with Crippen LogP contribution in [0.5, 0.6) is 0 Å². The number of nitrogens with zero attached hydrogens (tertiary/aromatic N) is 2. The van der Waals surface area contributed by atoms with E-state index in [4.69, 9.17) is 10.5 Å². The second-order valence-corrected chi connectivity index (χ2v) is 4.00. The Morgan fingerprint density at radius 1 is 1.41 bits per heavy atom. The van der Waals surface area contributed by atoms with E-state index < -0.39 is 0 Å². The van der Waals surface area contributed by atoms with Crippen LogP contribution in [0.3, 0.4) is 0 Å². The average molecular weight is 233 g/mol. The van der Waals surface area contributed by atoms with Crippen LogP contribution < -0.4 is 5.73 Å². The quantitative estimate of drug-likeness (QED) is 0.815. The molecule has 1 aliphatic rings. The van der Waals surface area contributed by atoms with Gasteiger partial charge in [-0.15, -0.1) is 0 Å². The van der Waals surface area contributed by atoms with Gasteiger partial charge in [0.15, 0.2) is 0 Å². The second-order valence-electron chi connectivity index (χ2n) is 4.00. The van der Waals surface area contributed by atoms with Gasteiger partial charge >= 0.3 is 0 Å². The van der Waals surface area contributed by atoms with Crippen molar-refractivity contribution in [2.75, 3.05) is 12.3 Å². The third-order valence-corrected chi connectivity index (χ3v) is 2.89. The highest BCUT2D eigenvalue weighted by Gasteiger charge is 2.19. The van der Waals surface area contributed by atoms with E-state index in [1.165, 1.54) is 12.1 Å². The molecule has 17 heavy (non-hydrogen) atoms. The molecule has 3 rings (SSSR count). The molecule has 1 aromatic carbocycles. The van der Waals surface area contributed by atoms with E-state index in [1.807, 2.05) is 0 Å². The highest BCUT2D eigenvalue weighted by Crippen LogP contribution is 2.25. The van der Waals surface area contributed by atoms with Gasteiger partial charge in [0.05, 0.1) is 24.6 Å². The minimum atomic E-state index is -0.299. The topological polar surface area (TPSA) is 53.1 Å². The Labute approximate surface area is 97.8 Å². The number of anilines is 1. The lowest BCUT2D eigenvalue weighted by Gasteiger charge is -2.10. The van der Waals surface area contributed by atoms with Crippen LogP contribution in [0.2, 0.25) is 0 Å². The molecule has 5 heteroatoms. The zero-order valence-electron chi connectivity index (χ0n) is 9.19. The Morgan fingerprint density at radius 3 is 3.06 bits per heavy atom. The number of rotatable bonds is 1. The van der Waals surface area contributed by atoms with Gasteiger partial charge in [0.25, 0.3) is 0 Å². The number of hydrogen-bond acceptors (Lipinski definition) is 3. The largest absolute Gasteiger partial charge is 0.383 e. The summed E-state index contributed by atoms with van der Waals surface area (Å²) in [6.45, 7) is 1.14. The zero-order chi connectivity index (χ0) is 11.8. The van der Waals surface area contributed by atoms with E-state index in [0.717, 1.165) is 17.7 Å². The Balaban J connectivity index is 2.12. The lowest BCUT2D eigenvalue weighted by atomic mass is 10.1. The van der Waals surface area contributed by atoms with Crippen molar-refractivity contribution >= 4 is 5.82 Å². The van der Waals surface area contributed by atoms with Gasteiger partial charge in [-0.2, -0.15) is 5.10 Å². The van der Waals surface area contributed by atoms with Gasteiger partial charge in [0, 0.05) is 12.0 Å². The maximum atomic E-state index is 13.2. The van der Waals surface area contributed by atoms with Crippen LogP contribution in [0.4, 0.5) is 10.2 Å². The Hall–Kier alpha value is -1.88. The zero-order valence-corrected chi connectivity index (χ0v) is 9.19. The molecule has 2 aromatic rings. The number of benzene rings is 1. The minimum Gasteiger partial charge on any atom is -0.383 e. The van der Waals surface area contributed by atoms with Gasteiger partial charge in [-0.05, 0) is 18.2 Å². The summed E-state index contributed by atoms with van der Waals surface area (Å²) in [7, 11) is 0. The number of nitrogen functional groups attached to an aromatic ring is 1. The fourth-order valence-electron chi connectivity index (χ4n) is 2.02. The summed E-state index contributed by atoms with van der Waals surface area (Å²) in [5.74, 6) is 0.233. The predicted molar refractivity (Wildman–Crippen MR) is 61.3 cm³/mol. The van der Waals surface area contributed by atoms with Crippen molar-refractivity contribution < 1.29 is 9.13 Å². The van der Waals surface area contributed by atoms with Crippen molar-refractivity contribution in [2.24, 2.45) is 0 Å². The fraction of sp³-hybridized carbons (Fsp3) is 0.250. The Morgan fingerprint density at radius 2 is 2.29 bits per heavy atom. The molecule has 0 radical (unpaired) electrons. The number of fused-ring (bicyclic) bond motifs is 1. The molecule has 0 spiro atoms. The first-order chi connectivity index (χ1) is 8.25. The van der Waals surface area contributed by atoms with Crippen molar-refractivity contribution in [3.63, 3.8) is 0 Å². The molecular weight excluding hydrogens is 221 g/mol. The van der Waals surface area contributed by atoms with E-state index in [0.29, 0.717) is 24.7 Å². The average Bonchev–Trinajstić information content (AvgIpc) is 2.68. The summed E-state index contributed by atoms with van der Waals surface area (Å²) in [4.78, 5) is 0. The third-order valence-electron chi connectivity index (χ3n) is 2.89. The number of nitrogens with two attached hydrogens (primary N) is 1. The summed E-state index contributed by atoms with van der Waals surface area (Å²) < 4.78 is 20.1. The third kappa shape index (κ3) is 1.68. The van der Waals surface area contributed by atoms with Crippen LogP contribution in [0.25, 0.3) is 5.69 Å². The summed E-state index contributed by atoms with van der Waals surface area (Å²) in [6.07, 6.45) is 0.752. The van der Waals surface area contributed by atoms with Crippen molar-refractivity contribution in [3.05, 3.63) is 41.3 Å². The molecule has 1 aliphatic heterocycles. The van der Waals surface area contributed by atoms with Crippen LogP contribution >= 0.6 is 0 Å². The molecule has 0 atom stereocenters. The second kappa shape index (κ2) is 3.85. The highest BCUT2D eigenvalue weighted by atomic mass is 19.1. The van der Waals surface area contributed by atoms with Crippen molar-refractivity contribution in [2.45, 2.75) is 13.0 Å². The standard InChI is InChI=1S/C12H12FN3O/c13-8-2-1-3-9(6-8)16-12(14)10-7-17-5-4-11(10)15-16/h1-3,6H,4-5,7,14H2. The summed E-state index contributed by atoms with van der Waals surface area (Å²) in [5.41, 5.74) is 8.50. The molecular formula is C12H12FN3O. The van der Waals surface area contributed by atoms with Crippen LogP contribution in [0, 0.1) is 5.82 Å². The molecule has 4 nitrogen and oxygen atoms in total. The normalized spacial score (nSPS) is 14.6. The van der Waals surface area contributed by atoms with Crippen LogP contribution in [0.1, 0.15) is 11.3 Å². The molecule has 0 saturated carbocycles. The van der Waals surface area contributed by atoms with E-state index in [-0.39, 0.29) is 5.82 Å². The van der Waals surface area contributed by atoms with E-state index >= 15 is 0 Å². The van der Waals surface area contributed by atoms with Gasteiger partial charge in [0.1, 0.15) is 11.6 Å². The van der Waals surface area contributed by atoms with Crippen LogP contribution in [0.15, 0.2) is 24.3 Å². The van der Waals surface area contributed by atoms with Crippen molar-refractivity contribution in [1.82, 2.24) is 9.78 Å². The summed E-state index contributed by atoms with van der Waals surface area (Å²) >= 11 is 0. The maximum Gasteiger partial charge on any atom is 0.133 e. The first-order valence-electron chi connectivity index (χ1n) is 5.45. The number of hydrogen-bond donors (Lipinski definition) is 1. The number of halogens is 1. The van der Waals surface area contributed by atoms with Gasteiger partial charge < -0.3 is 10.5 Å². The number of aromatic nitrogens is 2. The monoisotopic (exact) mass is 233 g/mol. The molecule has 2 heterocycles. The molecule has 0 aliphatic carbocycles. The molecule has 0 bridgehead atoms. The fourth-order valence-corrected chi connectivity index (χ4v) is 2.02. The molecule has 0 fully saturated rings. The van der Waals surface area contributed by atoms with Gasteiger partial charge in [0.2, 0.25) is 0 Å². The Kier molecular flexibility index (Phi) is 2.33. The molecule has 0 saturated heterocycles. The smallest absolute Gasteiger partial charge is 0.133 e. The lowest BCUT2D eigenvalue weighted by Crippen LogP contribution is -2.09. The summed E-state index contributed by atoms with van der Waals surface area (Å²) in [5, 5.41) is 4.41. The van der Waals surface area contributed by atoms with Crippen molar-refractivity contribution in [3.8, 4) is 5.69 Å². The summed E-state index contributed by atoms with van der Waals surface area (Å²) in [6, 6.07) is 6.22. The van der Waals surface area contributed by atoms with Gasteiger partial charge in [-0.1, -0.05) is 6.07 Å². The van der Waals surface area contributed by atoms with E-state index in [9.17, 15) is 4.39 Å². The minimum absolute atomic E-state index is 0.299. The SMILES string of the molecule is Nc1c2c(nn1-c1cccc(F)c1)CCOC2. The molecule has 0 unspecified atom stereocenters. The predicted octanol–water partition coefficient (Wildman–Crippen LogP) is 1.67. The lowest BCUT2D eigenvalue weighted by molar-refractivity contribution is 0.110. The molecule has 2 N–H and O–H groups in total. The van der Waals surface area contributed by atoms with Gasteiger partial charge in [-0.25, -0.2) is 9.07 Å². The number of ether oxygens (including phenoxy) is 1.